The molecule has 1 heterocycles. The van der Waals surface area contributed by atoms with Crippen molar-refractivity contribution in [2.75, 3.05) is 19.8 Å². The predicted molar refractivity (Wildman–Crippen MR) is 73.3 cm³/mol. The van der Waals surface area contributed by atoms with Crippen molar-refractivity contribution in [2.45, 2.75) is 33.2 Å². The van der Waals surface area contributed by atoms with Crippen LogP contribution in [0.3, 0.4) is 0 Å². The third-order valence-electron chi connectivity index (χ3n) is 3.28. The maximum absolute atomic E-state index is 5.82. The minimum Gasteiger partial charge on any atom is -0.489 e. The predicted octanol–water partition coefficient (Wildman–Crippen LogP) is 3.15. The van der Waals surface area contributed by atoms with E-state index in [4.69, 9.17) is 9.47 Å². The molecule has 100 valence electrons. The van der Waals surface area contributed by atoms with E-state index in [1.165, 1.54) is 5.56 Å². The highest BCUT2D eigenvalue weighted by molar-refractivity contribution is 5.44. The molecular weight excluding hydrogens is 226 g/mol. The molecule has 1 aromatic rings. The van der Waals surface area contributed by atoms with Gasteiger partial charge in [-0.2, -0.15) is 0 Å². The summed E-state index contributed by atoms with van der Waals surface area (Å²) in [6.07, 6.45) is 1.07. The molecule has 0 aromatic heterocycles. The number of fused-ring (bicyclic) bond motifs is 1. The molecule has 3 heteroatoms. The second-order valence-electron chi connectivity index (χ2n) is 4.95. The van der Waals surface area contributed by atoms with E-state index in [0.29, 0.717) is 12.0 Å². The first-order valence-electron chi connectivity index (χ1n) is 6.87. The fraction of sp³-hybridized carbons (Fsp3) is 0.600. The lowest BCUT2D eigenvalue weighted by atomic mass is 10.0. The van der Waals surface area contributed by atoms with Crippen molar-refractivity contribution in [1.82, 2.24) is 5.32 Å². The Morgan fingerprint density at radius 2 is 1.94 bits per heavy atom. The summed E-state index contributed by atoms with van der Waals surface area (Å²) < 4.78 is 11.6. The van der Waals surface area contributed by atoms with E-state index < -0.39 is 0 Å². The van der Waals surface area contributed by atoms with Gasteiger partial charge in [-0.25, -0.2) is 0 Å². The van der Waals surface area contributed by atoms with E-state index in [9.17, 15) is 0 Å². The van der Waals surface area contributed by atoms with Gasteiger partial charge in [0.25, 0.3) is 0 Å². The molecule has 0 fully saturated rings. The Bertz CT molecular complexity index is 392. The SMILES string of the molecule is CCNC(CC)c1ccc2c(c1)OCC(C)CO2. The molecule has 0 aliphatic carbocycles. The second kappa shape index (κ2) is 6.10. The van der Waals surface area contributed by atoms with E-state index in [1.807, 2.05) is 6.07 Å². The van der Waals surface area contributed by atoms with Crippen molar-refractivity contribution in [3.63, 3.8) is 0 Å². The minimum absolute atomic E-state index is 0.393. The molecule has 0 amide bonds. The summed E-state index contributed by atoms with van der Waals surface area (Å²) in [5.74, 6) is 2.19. The van der Waals surface area contributed by atoms with Gasteiger partial charge in [0, 0.05) is 12.0 Å². The van der Waals surface area contributed by atoms with Crippen molar-refractivity contribution in [3.8, 4) is 11.5 Å². The Morgan fingerprint density at radius 3 is 2.61 bits per heavy atom. The summed E-state index contributed by atoms with van der Waals surface area (Å²) in [6.45, 7) is 8.90. The van der Waals surface area contributed by atoms with Gasteiger partial charge in [0.1, 0.15) is 0 Å². The first-order valence-corrected chi connectivity index (χ1v) is 6.87. The standard InChI is InChI=1S/C15H23NO2/c1-4-13(16-5-2)12-6-7-14-15(8-12)18-10-11(3)9-17-14/h6-8,11,13,16H,4-5,9-10H2,1-3H3. The van der Waals surface area contributed by atoms with Crippen LogP contribution in [0.15, 0.2) is 18.2 Å². The zero-order chi connectivity index (χ0) is 13.0. The Morgan fingerprint density at radius 1 is 1.22 bits per heavy atom. The molecule has 2 atom stereocenters. The summed E-state index contributed by atoms with van der Waals surface area (Å²) in [5.41, 5.74) is 1.27. The molecule has 0 saturated carbocycles. The van der Waals surface area contributed by atoms with Crippen LogP contribution < -0.4 is 14.8 Å². The van der Waals surface area contributed by atoms with Gasteiger partial charge < -0.3 is 14.8 Å². The van der Waals surface area contributed by atoms with Crippen LogP contribution in [0.2, 0.25) is 0 Å². The average molecular weight is 249 g/mol. The molecule has 3 nitrogen and oxygen atoms in total. The maximum Gasteiger partial charge on any atom is 0.161 e. The molecule has 2 rings (SSSR count). The number of hydrogen-bond acceptors (Lipinski definition) is 3. The third kappa shape index (κ3) is 2.96. The number of benzene rings is 1. The van der Waals surface area contributed by atoms with Gasteiger partial charge in [0.2, 0.25) is 0 Å². The lowest BCUT2D eigenvalue weighted by Gasteiger charge is -2.18. The van der Waals surface area contributed by atoms with E-state index in [1.54, 1.807) is 0 Å². The van der Waals surface area contributed by atoms with Crippen molar-refractivity contribution >= 4 is 0 Å². The van der Waals surface area contributed by atoms with Crippen molar-refractivity contribution in [3.05, 3.63) is 23.8 Å². The van der Waals surface area contributed by atoms with E-state index in [2.05, 4.69) is 38.2 Å². The molecule has 1 aliphatic rings. The monoisotopic (exact) mass is 249 g/mol. The van der Waals surface area contributed by atoms with Crippen molar-refractivity contribution in [2.24, 2.45) is 5.92 Å². The molecule has 2 unspecified atom stereocenters. The largest absolute Gasteiger partial charge is 0.489 e. The van der Waals surface area contributed by atoms with E-state index in [-0.39, 0.29) is 0 Å². The topological polar surface area (TPSA) is 30.5 Å². The average Bonchev–Trinajstić information content (AvgIpc) is 2.58. The Balaban J connectivity index is 2.20. The highest BCUT2D eigenvalue weighted by Crippen LogP contribution is 2.33. The quantitative estimate of drug-likeness (QED) is 0.889. The molecule has 0 radical (unpaired) electrons. The normalized spacial score (nSPS) is 20.3. The Kier molecular flexibility index (Phi) is 4.48. The molecule has 1 aromatic carbocycles. The maximum atomic E-state index is 5.82. The van der Waals surface area contributed by atoms with Crippen LogP contribution in [-0.2, 0) is 0 Å². The van der Waals surface area contributed by atoms with Gasteiger partial charge in [-0.1, -0.05) is 26.8 Å². The fourth-order valence-electron chi connectivity index (χ4n) is 2.23. The molecule has 1 N–H and O–H groups in total. The highest BCUT2D eigenvalue weighted by Gasteiger charge is 2.17. The van der Waals surface area contributed by atoms with Crippen molar-refractivity contribution in [1.29, 1.82) is 0 Å². The highest BCUT2D eigenvalue weighted by atomic mass is 16.5. The van der Waals surface area contributed by atoms with Gasteiger partial charge in [-0.15, -0.1) is 0 Å². The zero-order valence-corrected chi connectivity index (χ0v) is 11.5. The van der Waals surface area contributed by atoms with Crippen LogP contribution in [0.1, 0.15) is 38.8 Å². The molecule has 0 saturated heterocycles. The van der Waals surface area contributed by atoms with Gasteiger partial charge in [-0.3, -0.25) is 0 Å². The molecule has 1 aliphatic heterocycles. The van der Waals surface area contributed by atoms with Crippen LogP contribution >= 0.6 is 0 Å². The van der Waals surface area contributed by atoms with Crippen LogP contribution in [-0.4, -0.2) is 19.8 Å². The number of hydrogen-bond donors (Lipinski definition) is 1. The smallest absolute Gasteiger partial charge is 0.161 e. The zero-order valence-electron chi connectivity index (χ0n) is 11.5. The Labute approximate surface area is 109 Å². The van der Waals surface area contributed by atoms with Gasteiger partial charge in [0.05, 0.1) is 13.2 Å². The third-order valence-corrected chi connectivity index (χ3v) is 3.28. The van der Waals surface area contributed by atoms with E-state index in [0.717, 1.165) is 37.7 Å². The summed E-state index contributed by atoms with van der Waals surface area (Å²) >= 11 is 0. The first kappa shape index (κ1) is 13.2. The molecule has 0 bridgehead atoms. The first-order chi connectivity index (χ1) is 8.74. The lowest BCUT2D eigenvalue weighted by Crippen LogP contribution is -2.20. The molecule has 0 spiro atoms. The minimum atomic E-state index is 0.393. The van der Waals surface area contributed by atoms with Crippen LogP contribution in [0, 0.1) is 5.92 Å². The molecule has 18 heavy (non-hydrogen) atoms. The van der Waals surface area contributed by atoms with Crippen LogP contribution in [0.4, 0.5) is 0 Å². The van der Waals surface area contributed by atoms with Crippen LogP contribution in [0.25, 0.3) is 0 Å². The van der Waals surface area contributed by atoms with Crippen LogP contribution in [0.5, 0.6) is 11.5 Å². The second-order valence-corrected chi connectivity index (χ2v) is 4.95. The van der Waals surface area contributed by atoms with Crippen molar-refractivity contribution < 1.29 is 9.47 Å². The summed E-state index contributed by atoms with van der Waals surface area (Å²) in [6, 6.07) is 6.67. The van der Waals surface area contributed by atoms with Gasteiger partial charge in [-0.05, 0) is 30.7 Å². The lowest BCUT2D eigenvalue weighted by molar-refractivity contribution is 0.228. The van der Waals surface area contributed by atoms with Gasteiger partial charge in [0.15, 0.2) is 11.5 Å². The summed E-state index contributed by atoms with van der Waals surface area (Å²) in [4.78, 5) is 0. The summed E-state index contributed by atoms with van der Waals surface area (Å²) in [5, 5.41) is 3.48. The molecular formula is C15H23NO2. The van der Waals surface area contributed by atoms with Gasteiger partial charge >= 0.3 is 0 Å². The fourth-order valence-corrected chi connectivity index (χ4v) is 2.23. The number of ether oxygens (including phenoxy) is 2. The summed E-state index contributed by atoms with van der Waals surface area (Å²) in [7, 11) is 0. The number of nitrogens with one attached hydrogen (secondary N) is 1. The Hall–Kier alpha value is -1.22. The van der Waals surface area contributed by atoms with E-state index >= 15 is 0 Å². The number of rotatable bonds is 4.